The summed E-state index contributed by atoms with van der Waals surface area (Å²) in [6.07, 6.45) is 7.27. The maximum atomic E-state index is 13.3. The molecule has 4 aliphatic rings. The Labute approximate surface area is 170 Å². The number of oxazole rings is 1. The third kappa shape index (κ3) is 2.88. The van der Waals surface area contributed by atoms with Gasteiger partial charge in [0.15, 0.2) is 5.58 Å². The van der Waals surface area contributed by atoms with E-state index in [0.29, 0.717) is 5.89 Å². The van der Waals surface area contributed by atoms with Crippen molar-refractivity contribution in [2.24, 2.45) is 23.2 Å². The number of benzene rings is 2. The third-order valence-corrected chi connectivity index (χ3v) is 7.46. The molecule has 0 atom stereocenters. The lowest BCUT2D eigenvalue weighted by atomic mass is 9.49. The molecule has 29 heavy (non-hydrogen) atoms. The third-order valence-electron chi connectivity index (χ3n) is 7.46. The number of carbonyl (C=O) groups excluding carboxylic acids is 1. The number of nitrogens with zero attached hydrogens (tertiary/aromatic N) is 1. The molecule has 148 valence electrons. The first kappa shape index (κ1) is 17.3. The first-order chi connectivity index (χ1) is 14.1. The molecule has 1 N–H and O–H groups in total. The van der Waals surface area contributed by atoms with Crippen molar-refractivity contribution in [2.75, 3.05) is 5.32 Å². The number of rotatable bonds is 3. The van der Waals surface area contributed by atoms with Crippen LogP contribution in [0.1, 0.15) is 44.1 Å². The van der Waals surface area contributed by atoms with Crippen molar-refractivity contribution in [1.82, 2.24) is 4.98 Å². The van der Waals surface area contributed by atoms with Crippen LogP contribution in [-0.2, 0) is 4.79 Å². The highest BCUT2D eigenvalue weighted by Crippen LogP contribution is 2.60. The summed E-state index contributed by atoms with van der Waals surface area (Å²) in [6, 6.07) is 13.9. The number of carbonyl (C=O) groups is 1. The molecule has 0 aliphatic heterocycles. The van der Waals surface area contributed by atoms with Crippen molar-refractivity contribution in [2.45, 2.75) is 45.4 Å². The van der Waals surface area contributed by atoms with Crippen LogP contribution in [-0.4, -0.2) is 10.9 Å². The Morgan fingerprint density at radius 2 is 1.66 bits per heavy atom. The average Bonchev–Trinajstić information content (AvgIpc) is 3.11. The molecule has 4 nitrogen and oxygen atoms in total. The van der Waals surface area contributed by atoms with Crippen LogP contribution < -0.4 is 5.32 Å². The minimum atomic E-state index is -0.138. The number of hydrogen-bond donors (Lipinski definition) is 1. The fraction of sp³-hybridized carbons (Fsp3) is 0.440. The van der Waals surface area contributed by atoms with E-state index in [0.717, 1.165) is 59.4 Å². The molecule has 4 saturated carbocycles. The maximum Gasteiger partial charge on any atom is 0.230 e. The van der Waals surface area contributed by atoms with Gasteiger partial charge in [-0.1, -0.05) is 17.7 Å². The van der Waals surface area contributed by atoms with Crippen molar-refractivity contribution in [3.05, 3.63) is 48.0 Å². The Balaban J connectivity index is 1.26. The Morgan fingerprint density at radius 1 is 1.00 bits per heavy atom. The van der Waals surface area contributed by atoms with E-state index in [1.54, 1.807) is 0 Å². The number of hydrogen-bond acceptors (Lipinski definition) is 3. The summed E-state index contributed by atoms with van der Waals surface area (Å²) < 4.78 is 5.93. The van der Waals surface area contributed by atoms with Crippen LogP contribution in [0, 0.1) is 30.1 Å². The Hall–Kier alpha value is -2.62. The molecule has 0 spiro atoms. The zero-order chi connectivity index (χ0) is 19.6. The molecule has 4 heteroatoms. The first-order valence-corrected chi connectivity index (χ1v) is 10.9. The van der Waals surface area contributed by atoms with Gasteiger partial charge in [-0.15, -0.1) is 0 Å². The number of aromatic nitrogens is 1. The molecule has 0 unspecified atom stereocenters. The van der Waals surface area contributed by atoms with E-state index in [4.69, 9.17) is 4.42 Å². The molecule has 7 rings (SSSR count). The topological polar surface area (TPSA) is 55.1 Å². The van der Waals surface area contributed by atoms with Crippen LogP contribution in [0.2, 0.25) is 0 Å². The number of fused-ring (bicyclic) bond motifs is 1. The monoisotopic (exact) mass is 386 g/mol. The first-order valence-electron chi connectivity index (χ1n) is 10.9. The van der Waals surface area contributed by atoms with Gasteiger partial charge in [-0.05, 0) is 93.5 Å². The van der Waals surface area contributed by atoms with Gasteiger partial charge >= 0.3 is 0 Å². The van der Waals surface area contributed by atoms with Crippen LogP contribution in [0.15, 0.2) is 46.9 Å². The van der Waals surface area contributed by atoms with Crippen molar-refractivity contribution >= 4 is 22.7 Å². The maximum absolute atomic E-state index is 13.3. The lowest BCUT2D eigenvalue weighted by Crippen LogP contribution is -2.51. The molecule has 4 bridgehead atoms. The Bertz CT molecular complexity index is 1060. The van der Waals surface area contributed by atoms with Gasteiger partial charge in [0.05, 0.1) is 5.41 Å². The predicted octanol–water partition coefficient (Wildman–Crippen LogP) is 5.96. The normalized spacial score (nSPS) is 30.0. The quantitative estimate of drug-likeness (QED) is 0.604. The molecule has 4 aliphatic carbocycles. The Morgan fingerprint density at radius 3 is 2.31 bits per heavy atom. The van der Waals surface area contributed by atoms with Crippen LogP contribution >= 0.6 is 0 Å². The highest BCUT2D eigenvalue weighted by atomic mass is 16.3. The van der Waals surface area contributed by atoms with Gasteiger partial charge in [0, 0.05) is 11.3 Å². The zero-order valence-corrected chi connectivity index (χ0v) is 16.8. The van der Waals surface area contributed by atoms with E-state index >= 15 is 0 Å². The highest BCUT2D eigenvalue weighted by Gasteiger charge is 2.54. The van der Waals surface area contributed by atoms with Gasteiger partial charge < -0.3 is 9.73 Å². The SMILES string of the molecule is Cc1ccc(-c2nc3cc(NC(=O)C45CC6CC(CC(C6)C4)C5)ccc3o2)cc1. The average molecular weight is 386 g/mol. The van der Waals surface area contributed by atoms with E-state index in [1.165, 1.54) is 24.8 Å². The van der Waals surface area contributed by atoms with Crippen molar-refractivity contribution < 1.29 is 9.21 Å². The molecular weight excluding hydrogens is 360 g/mol. The number of nitrogens with one attached hydrogen (secondary N) is 1. The molecule has 0 saturated heterocycles. The van der Waals surface area contributed by atoms with Crippen molar-refractivity contribution in [1.29, 1.82) is 0 Å². The van der Waals surface area contributed by atoms with Gasteiger partial charge in [-0.3, -0.25) is 4.79 Å². The summed E-state index contributed by atoms with van der Waals surface area (Å²) in [6.45, 7) is 2.06. The second kappa shape index (κ2) is 6.19. The predicted molar refractivity (Wildman–Crippen MR) is 113 cm³/mol. The molecule has 2 aromatic carbocycles. The minimum Gasteiger partial charge on any atom is -0.436 e. The van der Waals surface area contributed by atoms with Crippen LogP contribution in [0.25, 0.3) is 22.6 Å². The summed E-state index contributed by atoms with van der Waals surface area (Å²) in [5.74, 6) is 3.13. The van der Waals surface area contributed by atoms with Gasteiger partial charge in [-0.2, -0.15) is 0 Å². The molecule has 4 fully saturated rings. The van der Waals surface area contributed by atoms with Gasteiger partial charge in [0.2, 0.25) is 11.8 Å². The molecule has 0 radical (unpaired) electrons. The number of aryl methyl sites for hydroxylation is 1. The summed E-state index contributed by atoms with van der Waals surface area (Å²) in [5, 5.41) is 3.23. The second-order valence-corrected chi connectivity index (χ2v) is 9.72. The fourth-order valence-corrected chi connectivity index (χ4v) is 6.48. The number of amides is 1. The molecule has 1 heterocycles. The highest BCUT2D eigenvalue weighted by molar-refractivity contribution is 5.97. The van der Waals surface area contributed by atoms with E-state index in [2.05, 4.69) is 29.4 Å². The van der Waals surface area contributed by atoms with Crippen LogP contribution in [0.3, 0.4) is 0 Å². The summed E-state index contributed by atoms with van der Waals surface area (Å²) in [4.78, 5) is 18.0. The van der Waals surface area contributed by atoms with E-state index in [-0.39, 0.29) is 11.3 Å². The summed E-state index contributed by atoms with van der Waals surface area (Å²) in [5.41, 5.74) is 4.38. The molecule has 3 aromatic rings. The van der Waals surface area contributed by atoms with Crippen molar-refractivity contribution in [3.8, 4) is 11.5 Å². The van der Waals surface area contributed by atoms with E-state index in [1.807, 2.05) is 30.3 Å². The van der Waals surface area contributed by atoms with E-state index in [9.17, 15) is 4.79 Å². The lowest BCUT2D eigenvalue weighted by Gasteiger charge is -2.55. The molecule has 1 amide bonds. The standard InChI is InChI=1S/C25H26N2O2/c1-15-2-4-19(5-3-15)23-27-21-11-20(6-7-22(21)29-23)26-24(28)25-12-16-8-17(13-25)10-18(9-16)14-25/h2-7,11,16-18H,8-10,12-14H2,1H3,(H,26,28). The molecular formula is C25H26N2O2. The summed E-state index contributed by atoms with van der Waals surface area (Å²) in [7, 11) is 0. The zero-order valence-electron chi connectivity index (χ0n) is 16.8. The minimum absolute atomic E-state index is 0.138. The van der Waals surface area contributed by atoms with Crippen LogP contribution in [0.5, 0.6) is 0 Å². The van der Waals surface area contributed by atoms with Crippen molar-refractivity contribution in [3.63, 3.8) is 0 Å². The smallest absolute Gasteiger partial charge is 0.230 e. The van der Waals surface area contributed by atoms with Gasteiger partial charge in [-0.25, -0.2) is 4.98 Å². The van der Waals surface area contributed by atoms with Crippen LogP contribution in [0.4, 0.5) is 5.69 Å². The van der Waals surface area contributed by atoms with Gasteiger partial charge in [0.1, 0.15) is 5.52 Å². The second-order valence-electron chi connectivity index (χ2n) is 9.72. The largest absolute Gasteiger partial charge is 0.436 e. The fourth-order valence-electron chi connectivity index (χ4n) is 6.48. The Kier molecular flexibility index (Phi) is 3.68. The van der Waals surface area contributed by atoms with E-state index < -0.39 is 0 Å². The number of anilines is 1. The lowest BCUT2D eigenvalue weighted by molar-refractivity contribution is -0.140. The summed E-state index contributed by atoms with van der Waals surface area (Å²) >= 11 is 0. The molecule has 1 aromatic heterocycles. The van der Waals surface area contributed by atoms with Gasteiger partial charge in [0.25, 0.3) is 0 Å².